The summed E-state index contributed by atoms with van der Waals surface area (Å²) in [5.74, 6) is 1.21. The smallest absolute Gasteiger partial charge is 0.335 e. The van der Waals surface area contributed by atoms with Gasteiger partial charge in [-0.15, -0.1) is 0 Å². The Labute approximate surface area is 127 Å². The maximum atomic E-state index is 12.1. The fourth-order valence-corrected chi connectivity index (χ4v) is 3.06. The highest BCUT2D eigenvalue weighted by Gasteiger charge is 2.18. The minimum Gasteiger partial charge on any atom is -0.495 e. The highest BCUT2D eigenvalue weighted by molar-refractivity contribution is 7.99. The number of carboxylic acid groups (broad SMARTS) is 1. The molecule has 1 saturated heterocycles. The number of aromatic carboxylic acids is 1. The maximum absolute atomic E-state index is 12.1. The molecule has 1 aromatic rings. The number of carboxylic acids is 1. The fourth-order valence-electron chi connectivity index (χ4n) is 2.11. The van der Waals surface area contributed by atoms with E-state index in [2.05, 4.69) is 10.6 Å². The molecule has 2 rings (SSSR count). The third-order valence-electron chi connectivity index (χ3n) is 3.15. The van der Waals surface area contributed by atoms with Crippen molar-refractivity contribution in [2.45, 2.75) is 12.5 Å². The first kappa shape index (κ1) is 15.7. The zero-order valence-electron chi connectivity index (χ0n) is 11.7. The van der Waals surface area contributed by atoms with Gasteiger partial charge in [-0.3, -0.25) is 4.79 Å². The number of anilines is 1. The van der Waals surface area contributed by atoms with Gasteiger partial charge < -0.3 is 20.5 Å². The van der Waals surface area contributed by atoms with Crippen LogP contribution in [0.4, 0.5) is 5.69 Å². The van der Waals surface area contributed by atoms with Crippen molar-refractivity contribution >= 4 is 29.3 Å². The van der Waals surface area contributed by atoms with Gasteiger partial charge in [0, 0.05) is 30.5 Å². The van der Waals surface area contributed by atoms with Crippen LogP contribution in [0.15, 0.2) is 18.2 Å². The number of nitrogens with one attached hydrogen (secondary N) is 2. The summed E-state index contributed by atoms with van der Waals surface area (Å²) in [4.78, 5) is 23.1. The Balaban J connectivity index is 2.04. The molecule has 0 radical (unpaired) electrons. The number of amides is 1. The van der Waals surface area contributed by atoms with E-state index in [0.29, 0.717) is 17.9 Å². The number of methoxy groups -OCH3 is 1. The number of carbonyl (C=O) groups is 2. The number of hydrogen-bond donors (Lipinski definition) is 3. The number of thioether (sulfide) groups is 1. The number of rotatable bonds is 5. The summed E-state index contributed by atoms with van der Waals surface area (Å²) in [5.41, 5.74) is 0.489. The Morgan fingerprint density at radius 3 is 2.95 bits per heavy atom. The average molecular weight is 310 g/mol. The lowest BCUT2D eigenvalue weighted by Gasteiger charge is -2.22. The lowest BCUT2D eigenvalue weighted by molar-refractivity contribution is -0.116. The van der Waals surface area contributed by atoms with Crippen LogP contribution < -0.4 is 15.4 Å². The lowest BCUT2D eigenvalue weighted by atomic mass is 10.1. The van der Waals surface area contributed by atoms with Crippen LogP contribution in [0, 0.1) is 0 Å². The SMILES string of the molecule is COc1ccc(C(=O)O)cc1NC(=O)CC1CSCCN1. The van der Waals surface area contributed by atoms with Gasteiger partial charge in [-0.2, -0.15) is 11.8 Å². The van der Waals surface area contributed by atoms with Crippen molar-refractivity contribution in [3.63, 3.8) is 0 Å². The Kier molecular flexibility index (Phi) is 5.46. The van der Waals surface area contributed by atoms with Gasteiger partial charge in [-0.05, 0) is 18.2 Å². The van der Waals surface area contributed by atoms with E-state index in [4.69, 9.17) is 9.84 Å². The molecule has 1 unspecified atom stereocenters. The zero-order valence-corrected chi connectivity index (χ0v) is 12.5. The molecule has 1 aliphatic rings. The summed E-state index contributed by atoms with van der Waals surface area (Å²) in [6, 6.07) is 4.53. The van der Waals surface area contributed by atoms with E-state index in [1.807, 2.05) is 11.8 Å². The predicted octanol–water partition coefficient (Wildman–Crippen LogP) is 1.43. The number of ether oxygens (including phenoxy) is 1. The molecule has 3 N–H and O–H groups in total. The van der Waals surface area contributed by atoms with Crippen LogP contribution in [0.3, 0.4) is 0 Å². The maximum Gasteiger partial charge on any atom is 0.335 e. The summed E-state index contributed by atoms with van der Waals surface area (Å²) in [6.07, 6.45) is 0.355. The molecule has 1 aliphatic heterocycles. The predicted molar refractivity (Wildman–Crippen MR) is 82.3 cm³/mol. The first-order valence-corrected chi connectivity index (χ1v) is 7.78. The topological polar surface area (TPSA) is 87.7 Å². The van der Waals surface area contributed by atoms with Gasteiger partial charge >= 0.3 is 5.97 Å². The van der Waals surface area contributed by atoms with Crippen molar-refractivity contribution in [1.29, 1.82) is 0 Å². The van der Waals surface area contributed by atoms with E-state index < -0.39 is 5.97 Å². The largest absolute Gasteiger partial charge is 0.495 e. The first-order valence-electron chi connectivity index (χ1n) is 6.62. The quantitative estimate of drug-likeness (QED) is 0.762. The molecule has 0 saturated carbocycles. The lowest BCUT2D eigenvalue weighted by Crippen LogP contribution is -2.39. The normalized spacial score (nSPS) is 18.0. The van der Waals surface area contributed by atoms with Crippen molar-refractivity contribution in [1.82, 2.24) is 5.32 Å². The molecule has 7 heteroatoms. The molecule has 6 nitrogen and oxygen atoms in total. The Morgan fingerprint density at radius 2 is 2.33 bits per heavy atom. The molecule has 1 fully saturated rings. The van der Waals surface area contributed by atoms with E-state index >= 15 is 0 Å². The summed E-state index contributed by atoms with van der Waals surface area (Å²) < 4.78 is 5.14. The summed E-state index contributed by atoms with van der Waals surface area (Å²) in [6.45, 7) is 0.903. The average Bonchev–Trinajstić information content (AvgIpc) is 2.48. The van der Waals surface area contributed by atoms with Crippen LogP contribution in [-0.2, 0) is 4.79 Å². The van der Waals surface area contributed by atoms with E-state index in [1.54, 1.807) is 0 Å². The van der Waals surface area contributed by atoms with Crippen LogP contribution in [-0.4, -0.2) is 48.2 Å². The fraction of sp³-hybridized carbons (Fsp3) is 0.429. The van der Waals surface area contributed by atoms with E-state index in [1.165, 1.54) is 25.3 Å². The van der Waals surface area contributed by atoms with Crippen LogP contribution >= 0.6 is 11.8 Å². The minimum absolute atomic E-state index is 0.109. The highest BCUT2D eigenvalue weighted by Crippen LogP contribution is 2.26. The molecular formula is C14H18N2O4S. The first-order chi connectivity index (χ1) is 10.1. The van der Waals surface area contributed by atoms with Crippen molar-refractivity contribution in [3.8, 4) is 5.75 Å². The number of hydrogen-bond acceptors (Lipinski definition) is 5. The molecule has 0 aromatic heterocycles. The van der Waals surface area contributed by atoms with E-state index in [0.717, 1.165) is 18.1 Å². The van der Waals surface area contributed by atoms with Gasteiger partial charge in [0.15, 0.2) is 0 Å². The van der Waals surface area contributed by atoms with Crippen LogP contribution in [0.5, 0.6) is 5.75 Å². The molecule has 1 heterocycles. The van der Waals surface area contributed by atoms with Gasteiger partial charge in [-0.1, -0.05) is 0 Å². The summed E-state index contributed by atoms with van der Waals surface area (Å²) >= 11 is 1.82. The van der Waals surface area contributed by atoms with E-state index in [-0.39, 0.29) is 17.5 Å². The Morgan fingerprint density at radius 1 is 1.52 bits per heavy atom. The van der Waals surface area contributed by atoms with Gasteiger partial charge in [0.05, 0.1) is 18.4 Å². The zero-order chi connectivity index (χ0) is 15.2. The van der Waals surface area contributed by atoms with Crippen LogP contribution in [0.1, 0.15) is 16.8 Å². The number of benzene rings is 1. The molecule has 1 amide bonds. The molecule has 0 aliphatic carbocycles. The second-order valence-corrected chi connectivity index (χ2v) is 5.85. The molecular weight excluding hydrogens is 292 g/mol. The van der Waals surface area contributed by atoms with Crippen molar-refractivity contribution in [2.75, 3.05) is 30.5 Å². The second-order valence-electron chi connectivity index (χ2n) is 4.70. The van der Waals surface area contributed by atoms with Crippen molar-refractivity contribution in [3.05, 3.63) is 23.8 Å². The van der Waals surface area contributed by atoms with Crippen LogP contribution in [0.25, 0.3) is 0 Å². The standard InChI is InChI=1S/C14H18N2O4S/c1-20-12-3-2-9(14(18)19)6-11(12)16-13(17)7-10-8-21-5-4-15-10/h2-3,6,10,15H,4-5,7-8H2,1H3,(H,16,17)(H,18,19). The molecule has 21 heavy (non-hydrogen) atoms. The monoisotopic (exact) mass is 310 g/mol. The molecule has 0 spiro atoms. The third kappa shape index (κ3) is 4.37. The van der Waals surface area contributed by atoms with Crippen molar-refractivity contribution in [2.24, 2.45) is 0 Å². The minimum atomic E-state index is -1.04. The molecule has 1 atom stereocenters. The van der Waals surface area contributed by atoms with Gasteiger partial charge in [-0.25, -0.2) is 4.79 Å². The highest BCUT2D eigenvalue weighted by atomic mass is 32.2. The molecule has 114 valence electrons. The Hall–Kier alpha value is -1.73. The van der Waals surface area contributed by atoms with Gasteiger partial charge in [0.25, 0.3) is 0 Å². The Bertz CT molecular complexity index is 530. The number of carbonyl (C=O) groups excluding carboxylic acids is 1. The van der Waals surface area contributed by atoms with Crippen LogP contribution in [0.2, 0.25) is 0 Å². The van der Waals surface area contributed by atoms with E-state index in [9.17, 15) is 9.59 Å². The summed E-state index contributed by atoms with van der Waals surface area (Å²) in [7, 11) is 1.48. The third-order valence-corrected chi connectivity index (χ3v) is 4.28. The van der Waals surface area contributed by atoms with Gasteiger partial charge in [0.2, 0.25) is 5.91 Å². The second kappa shape index (κ2) is 7.33. The van der Waals surface area contributed by atoms with Crippen molar-refractivity contribution < 1.29 is 19.4 Å². The molecule has 1 aromatic carbocycles. The summed E-state index contributed by atoms with van der Waals surface area (Å²) in [5, 5.41) is 15.0. The molecule has 0 bridgehead atoms. The van der Waals surface area contributed by atoms with Gasteiger partial charge in [0.1, 0.15) is 5.75 Å².